The van der Waals surface area contributed by atoms with Crippen LogP contribution in [0, 0.1) is 11.8 Å². The van der Waals surface area contributed by atoms with E-state index in [9.17, 15) is 27.6 Å². The van der Waals surface area contributed by atoms with Crippen LogP contribution in [-0.2, 0) is 19.1 Å². The second-order valence-electron chi connectivity index (χ2n) is 7.71. The predicted molar refractivity (Wildman–Crippen MR) is 98.9 cm³/mol. The van der Waals surface area contributed by atoms with Gasteiger partial charge >= 0.3 is 12.5 Å². The molecule has 3 fully saturated rings. The number of halogens is 3. The first-order chi connectivity index (χ1) is 14.7. The molecule has 8 nitrogen and oxygen atoms in total. The Morgan fingerprint density at radius 3 is 2.26 bits per heavy atom. The van der Waals surface area contributed by atoms with Gasteiger partial charge in [0, 0.05) is 12.2 Å². The average molecular weight is 442 g/mol. The molecule has 1 aromatic carbocycles. The minimum atomic E-state index is -4.79. The van der Waals surface area contributed by atoms with E-state index in [0.29, 0.717) is 12.8 Å². The van der Waals surface area contributed by atoms with Gasteiger partial charge in [0.25, 0.3) is 0 Å². The van der Waals surface area contributed by atoms with E-state index in [2.05, 4.69) is 10.1 Å². The third-order valence-corrected chi connectivity index (χ3v) is 5.72. The zero-order valence-electron chi connectivity index (χ0n) is 16.4. The fourth-order valence-corrected chi connectivity index (χ4v) is 4.42. The molecule has 3 aliphatic rings. The number of nitrogens with one attached hydrogen (secondary N) is 1. The SMILES string of the molecule is O=C(Nc1ccc(OC(F)(F)F)cc1)OCCCCN1C(=O)C2C3CCC(O3)C2C1=O. The zero-order valence-corrected chi connectivity index (χ0v) is 16.4. The van der Waals surface area contributed by atoms with Crippen LogP contribution in [0.2, 0.25) is 0 Å². The van der Waals surface area contributed by atoms with Crippen LogP contribution in [0.5, 0.6) is 5.75 Å². The maximum Gasteiger partial charge on any atom is 0.573 e. The van der Waals surface area contributed by atoms with E-state index < -0.39 is 18.2 Å². The van der Waals surface area contributed by atoms with Crippen LogP contribution in [0.25, 0.3) is 0 Å². The van der Waals surface area contributed by atoms with Gasteiger partial charge in [-0.2, -0.15) is 0 Å². The normalized spacial score (nSPS) is 26.9. The number of anilines is 1. The predicted octanol–water partition coefficient (Wildman–Crippen LogP) is 3.08. The molecule has 1 aromatic rings. The second-order valence-corrected chi connectivity index (χ2v) is 7.71. The number of fused-ring (bicyclic) bond motifs is 5. The molecule has 3 aliphatic heterocycles. The van der Waals surface area contributed by atoms with Gasteiger partial charge in [0.1, 0.15) is 5.75 Å². The summed E-state index contributed by atoms with van der Waals surface area (Å²) in [4.78, 5) is 38.1. The minimum absolute atomic E-state index is 0.0680. The summed E-state index contributed by atoms with van der Waals surface area (Å²) in [6, 6.07) is 4.64. The van der Waals surface area contributed by atoms with Gasteiger partial charge in [0.2, 0.25) is 11.8 Å². The Labute approximate surface area is 175 Å². The van der Waals surface area contributed by atoms with Crippen LogP contribution >= 0.6 is 0 Å². The minimum Gasteiger partial charge on any atom is -0.449 e. The number of carbonyl (C=O) groups is 3. The second kappa shape index (κ2) is 8.37. The number of nitrogens with zero attached hydrogens (tertiary/aromatic N) is 1. The molecule has 3 amide bonds. The maximum absolute atomic E-state index is 12.5. The molecule has 2 bridgehead atoms. The van der Waals surface area contributed by atoms with Crippen molar-refractivity contribution in [2.45, 2.75) is 44.3 Å². The summed E-state index contributed by atoms with van der Waals surface area (Å²) in [6.45, 7) is 0.342. The van der Waals surface area contributed by atoms with Crippen molar-refractivity contribution in [2.24, 2.45) is 11.8 Å². The van der Waals surface area contributed by atoms with Crippen molar-refractivity contribution >= 4 is 23.6 Å². The monoisotopic (exact) mass is 442 g/mol. The third-order valence-electron chi connectivity index (χ3n) is 5.72. The first kappa shape index (κ1) is 21.4. The van der Waals surface area contributed by atoms with Crippen LogP contribution in [0.1, 0.15) is 25.7 Å². The van der Waals surface area contributed by atoms with Crippen molar-refractivity contribution in [1.82, 2.24) is 4.90 Å². The van der Waals surface area contributed by atoms with Gasteiger partial charge in [-0.25, -0.2) is 4.79 Å². The quantitative estimate of drug-likeness (QED) is 0.515. The highest BCUT2D eigenvalue weighted by Crippen LogP contribution is 2.48. The molecule has 4 rings (SSSR count). The van der Waals surface area contributed by atoms with E-state index in [-0.39, 0.29) is 54.7 Å². The number of carbonyl (C=O) groups excluding carboxylic acids is 3. The Kier molecular flexibility index (Phi) is 5.78. The number of hydrogen-bond donors (Lipinski definition) is 1. The topological polar surface area (TPSA) is 94.2 Å². The van der Waals surface area contributed by atoms with E-state index >= 15 is 0 Å². The lowest BCUT2D eigenvalue weighted by atomic mass is 9.81. The molecule has 0 saturated carbocycles. The van der Waals surface area contributed by atoms with Crippen molar-refractivity contribution in [1.29, 1.82) is 0 Å². The lowest BCUT2D eigenvalue weighted by molar-refractivity contribution is -0.274. The van der Waals surface area contributed by atoms with Crippen molar-refractivity contribution < 1.29 is 41.8 Å². The standard InChI is InChI=1S/C20H21F3N2O6/c21-20(22,23)31-12-5-3-11(4-6-12)24-19(28)29-10-2-1-9-25-17(26)15-13-7-8-14(30-13)16(15)18(25)27/h3-6,13-16H,1-2,7-10H2,(H,24,28). The number of likely N-dealkylation sites (tertiary alicyclic amines) is 1. The van der Waals surface area contributed by atoms with Gasteiger partial charge in [-0.15, -0.1) is 13.2 Å². The summed E-state index contributed by atoms with van der Waals surface area (Å²) >= 11 is 0. The smallest absolute Gasteiger partial charge is 0.449 e. The van der Waals surface area contributed by atoms with Crippen LogP contribution in [0.3, 0.4) is 0 Å². The number of unbranched alkanes of at least 4 members (excludes halogenated alkanes) is 1. The van der Waals surface area contributed by atoms with Gasteiger partial charge in [-0.3, -0.25) is 19.8 Å². The summed E-state index contributed by atoms with van der Waals surface area (Å²) in [5.41, 5.74) is 0.246. The molecule has 4 atom stereocenters. The van der Waals surface area contributed by atoms with E-state index in [1.807, 2.05) is 0 Å². The van der Waals surface area contributed by atoms with E-state index in [4.69, 9.17) is 9.47 Å². The molecule has 3 heterocycles. The fraction of sp³-hybridized carbons (Fsp3) is 0.550. The molecule has 4 unspecified atom stereocenters. The van der Waals surface area contributed by atoms with E-state index in [1.54, 1.807) is 0 Å². The summed E-state index contributed by atoms with van der Waals surface area (Å²) in [7, 11) is 0. The van der Waals surface area contributed by atoms with E-state index in [0.717, 1.165) is 25.0 Å². The lowest BCUT2D eigenvalue weighted by Gasteiger charge is -2.17. The molecule has 11 heteroatoms. The van der Waals surface area contributed by atoms with Crippen molar-refractivity contribution in [3.05, 3.63) is 24.3 Å². The average Bonchev–Trinajstić information content (AvgIpc) is 3.37. The number of amides is 3. The number of benzene rings is 1. The summed E-state index contributed by atoms with van der Waals surface area (Å²) in [6.07, 6.45) is -3.26. The Bertz CT molecular complexity index is 831. The lowest BCUT2D eigenvalue weighted by Crippen LogP contribution is -2.35. The van der Waals surface area contributed by atoms with Gasteiger partial charge in [0.05, 0.1) is 30.7 Å². The van der Waals surface area contributed by atoms with Gasteiger partial charge < -0.3 is 14.2 Å². The molecule has 3 saturated heterocycles. The largest absolute Gasteiger partial charge is 0.573 e. The molecule has 0 aromatic heterocycles. The molecule has 0 aliphatic carbocycles. The molecular formula is C20H21F3N2O6. The highest BCUT2D eigenvalue weighted by atomic mass is 19.4. The van der Waals surface area contributed by atoms with Gasteiger partial charge in [0.15, 0.2) is 0 Å². The summed E-state index contributed by atoms with van der Waals surface area (Å²) < 4.78 is 50.9. The Morgan fingerprint density at radius 2 is 1.68 bits per heavy atom. The van der Waals surface area contributed by atoms with Crippen LogP contribution in [0.15, 0.2) is 24.3 Å². The number of hydrogen-bond acceptors (Lipinski definition) is 6. The van der Waals surface area contributed by atoms with Crippen molar-refractivity contribution in [3.63, 3.8) is 0 Å². The molecular weight excluding hydrogens is 421 g/mol. The van der Waals surface area contributed by atoms with Crippen molar-refractivity contribution in [2.75, 3.05) is 18.5 Å². The summed E-state index contributed by atoms with van der Waals surface area (Å²) in [5.74, 6) is -1.43. The first-order valence-corrected chi connectivity index (χ1v) is 10.0. The zero-order chi connectivity index (χ0) is 22.2. The molecule has 31 heavy (non-hydrogen) atoms. The fourth-order valence-electron chi connectivity index (χ4n) is 4.42. The molecule has 0 spiro atoms. The molecule has 0 radical (unpaired) electrons. The maximum atomic E-state index is 12.5. The van der Waals surface area contributed by atoms with Crippen molar-refractivity contribution in [3.8, 4) is 5.75 Å². The number of alkyl halides is 3. The van der Waals surface area contributed by atoms with Crippen LogP contribution in [0.4, 0.5) is 23.7 Å². The number of rotatable bonds is 7. The number of ether oxygens (including phenoxy) is 3. The summed E-state index contributed by atoms with van der Waals surface area (Å²) in [5, 5.41) is 2.39. The Morgan fingerprint density at radius 1 is 1.06 bits per heavy atom. The van der Waals surface area contributed by atoms with Crippen LogP contribution < -0.4 is 10.1 Å². The molecule has 168 valence electrons. The Hall–Kier alpha value is -2.82. The highest BCUT2D eigenvalue weighted by molar-refractivity contribution is 6.06. The van der Waals surface area contributed by atoms with Gasteiger partial charge in [-0.1, -0.05) is 0 Å². The number of imide groups is 1. The van der Waals surface area contributed by atoms with Crippen LogP contribution in [-0.4, -0.2) is 54.5 Å². The highest BCUT2D eigenvalue weighted by Gasteiger charge is 2.62. The first-order valence-electron chi connectivity index (χ1n) is 10.0. The molecule has 1 N–H and O–H groups in total. The third kappa shape index (κ3) is 4.60. The van der Waals surface area contributed by atoms with Gasteiger partial charge in [-0.05, 0) is 49.9 Å². The van der Waals surface area contributed by atoms with E-state index in [1.165, 1.54) is 17.0 Å². The Balaban J connectivity index is 1.15.